The predicted molar refractivity (Wildman–Crippen MR) is 83.1 cm³/mol. The Kier molecular flexibility index (Phi) is 4.19. The van der Waals surface area contributed by atoms with Crippen molar-refractivity contribution in [3.8, 4) is 5.75 Å². The van der Waals surface area contributed by atoms with E-state index in [4.69, 9.17) is 4.74 Å². The number of ether oxygens (including phenoxy) is 1. The summed E-state index contributed by atoms with van der Waals surface area (Å²) < 4.78 is 5.62. The Bertz CT molecular complexity index is 679. The molecule has 0 fully saturated rings. The molecule has 0 N–H and O–H groups in total. The summed E-state index contributed by atoms with van der Waals surface area (Å²) in [7, 11) is 0. The summed E-state index contributed by atoms with van der Waals surface area (Å²) in [5, 5.41) is 0. The molecule has 22 heavy (non-hydrogen) atoms. The lowest BCUT2D eigenvalue weighted by molar-refractivity contribution is 0.0770. The van der Waals surface area contributed by atoms with Gasteiger partial charge in [-0.3, -0.25) is 9.59 Å². The van der Waals surface area contributed by atoms with E-state index in [1.807, 2.05) is 29.2 Å². The molecule has 112 valence electrons. The molecular formula is C18H17NO3. The van der Waals surface area contributed by atoms with Crippen molar-refractivity contribution in [1.29, 1.82) is 0 Å². The van der Waals surface area contributed by atoms with E-state index in [9.17, 15) is 9.59 Å². The van der Waals surface area contributed by atoms with Gasteiger partial charge < -0.3 is 9.64 Å². The summed E-state index contributed by atoms with van der Waals surface area (Å²) in [6, 6.07) is 14.7. The molecule has 4 nitrogen and oxygen atoms in total. The van der Waals surface area contributed by atoms with Crippen LogP contribution in [0.25, 0.3) is 0 Å². The highest BCUT2D eigenvalue weighted by atomic mass is 16.5. The molecule has 2 aromatic carbocycles. The van der Waals surface area contributed by atoms with Gasteiger partial charge in [0.05, 0.1) is 6.61 Å². The average Bonchev–Trinajstić information content (AvgIpc) is 2.89. The van der Waals surface area contributed by atoms with Crippen molar-refractivity contribution in [3.63, 3.8) is 0 Å². The van der Waals surface area contributed by atoms with Gasteiger partial charge >= 0.3 is 0 Å². The molecule has 0 radical (unpaired) electrons. The molecule has 1 aliphatic rings. The fraction of sp³-hybridized carbons (Fsp3) is 0.222. The Hall–Kier alpha value is -2.62. The topological polar surface area (TPSA) is 46.6 Å². The summed E-state index contributed by atoms with van der Waals surface area (Å²) in [6.07, 6.45) is 1.58. The van der Waals surface area contributed by atoms with Crippen LogP contribution in [0, 0.1) is 0 Å². The highest BCUT2D eigenvalue weighted by Crippen LogP contribution is 2.22. The highest BCUT2D eigenvalue weighted by molar-refractivity contribution is 5.98. The van der Waals surface area contributed by atoms with Crippen LogP contribution in [0.1, 0.15) is 32.7 Å². The maximum absolute atomic E-state index is 12.2. The molecule has 0 aromatic heterocycles. The van der Waals surface area contributed by atoms with Gasteiger partial charge in [-0.05, 0) is 42.3 Å². The van der Waals surface area contributed by atoms with Crippen molar-refractivity contribution in [1.82, 2.24) is 4.90 Å². The zero-order chi connectivity index (χ0) is 15.4. The van der Waals surface area contributed by atoms with E-state index in [-0.39, 0.29) is 5.91 Å². The van der Waals surface area contributed by atoms with Gasteiger partial charge in [0.25, 0.3) is 5.91 Å². The maximum atomic E-state index is 12.2. The van der Waals surface area contributed by atoms with E-state index in [0.717, 1.165) is 29.6 Å². The summed E-state index contributed by atoms with van der Waals surface area (Å²) >= 11 is 0. The van der Waals surface area contributed by atoms with E-state index < -0.39 is 0 Å². The monoisotopic (exact) mass is 295 g/mol. The lowest BCUT2D eigenvalue weighted by atomic mass is 10.1. The number of rotatable bonds is 6. The van der Waals surface area contributed by atoms with Gasteiger partial charge in [-0.25, -0.2) is 0 Å². The second kappa shape index (κ2) is 6.43. The third kappa shape index (κ3) is 3.01. The Morgan fingerprint density at radius 3 is 2.59 bits per heavy atom. The number of nitrogens with zero attached hydrogens (tertiary/aromatic N) is 1. The van der Waals surface area contributed by atoms with Crippen LogP contribution in [-0.2, 0) is 6.54 Å². The van der Waals surface area contributed by atoms with Crippen LogP contribution in [0.15, 0.2) is 48.5 Å². The van der Waals surface area contributed by atoms with Crippen LogP contribution in [0.4, 0.5) is 0 Å². The zero-order valence-corrected chi connectivity index (χ0v) is 12.2. The fourth-order valence-corrected chi connectivity index (χ4v) is 2.58. The SMILES string of the molecule is O=Cc1ccc(OCCCN2Cc3ccccc3C2=O)cc1. The Balaban J connectivity index is 1.46. The third-order valence-corrected chi connectivity index (χ3v) is 3.75. The Morgan fingerprint density at radius 1 is 1.09 bits per heavy atom. The number of carbonyl (C=O) groups excluding carboxylic acids is 2. The zero-order valence-electron chi connectivity index (χ0n) is 12.2. The molecule has 1 amide bonds. The Labute approximate surface area is 129 Å². The predicted octanol–water partition coefficient (Wildman–Crippen LogP) is 2.92. The molecule has 3 rings (SSSR count). The van der Waals surface area contributed by atoms with E-state index in [2.05, 4.69) is 0 Å². The molecule has 0 unspecified atom stereocenters. The molecule has 2 aromatic rings. The van der Waals surface area contributed by atoms with E-state index in [1.54, 1.807) is 24.3 Å². The second-order valence-electron chi connectivity index (χ2n) is 5.27. The van der Waals surface area contributed by atoms with Crippen LogP contribution >= 0.6 is 0 Å². The number of fused-ring (bicyclic) bond motifs is 1. The van der Waals surface area contributed by atoms with Crippen LogP contribution in [0.5, 0.6) is 5.75 Å². The lowest BCUT2D eigenvalue weighted by Crippen LogP contribution is -2.26. The average molecular weight is 295 g/mol. The fourth-order valence-electron chi connectivity index (χ4n) is 2.58. The maximum Gasteiger partial charge on any atom is 0.254 e. The molecule has 0 atom stereocenters. The van der Waals surface area contributed by atoms with Gasteiger partial charge in [0, 0.05) is 24.2 Å². The van der Waals surface area contributed by atoms with Crippen molar-refractivity contribution in [2.45, 2.75) is 13.0 Å². The molecule has 0 aliphatic carbocycles. The van der Waals surface area contributed by atoms with Gasteiger partial charge in [0.2, 0.25) is 0 Å². The van der Waals surface area contributed by atoms with Crippen LogP contribution in [0.2, 0.25) is 0 Å². The smallest absolute Gasteiger partial charge is 0.254 e. The van der Waals surface area contributed by atoms with Crippen LogP contribution in [0.3, 0.4) is 0 Å². The van der Waals surface area contributed by atoms with Crippen molar-refractivity contribution in [2.75, 3.05) is 13.2 Å². The first-order valence-corrected chi connectivity index (χ1v) is 7.33. The van der Waals surface area contributed by atoms with Crippen LogP contribution in [-0.4, -0.2) is 30.2 Å². The molecule has 4 heteroatoms. The first kappa shape index (κ1) is 14.3. The normalized spacial score (nSPS) is 13.1. The quantitative estimate of drug-likeness (QED) is 0.608. The van der Waals surface area contributed by atoms with Gasteiger partial charge in [-0.2, -0.15) is 0 Å². The molecular weight excluding hydrogens is 278 g/mol. The van der Waals surface area contributed by atoms with E-state index >= 15 is 0 Å². The first-order chi connectivity index (χ1) is 10.8. The van der Waals surface area contributed by atoms with Gasteiger partial charge in [0.1, 0.15) is 12.0 Å². The van der Waals surface area contributed by atoms with Gasteiger partial charge in [-0.15, -0.1) is 0 Å². The first-order valence-electron chi connectivity index (χ1n) is 7.33. The summed E-state index contributed by atoms with van der Waals surface area (Å²) in [5.41, 5.74) is 2.54. The van der Waals surface area contributed by atoms with Crippen molar-refractivity contribution in [3.05, 3.63) is 65.2 Å². The number of carbonyl (C=O) groups is 2. The van der Waals surface area contributed by atoms with Gasteiger partial charge in [0.15, 0.2) is 0 Å². The van der Waals surface area contributed by atoms with Gasteiger partial charge in [-0.1, -0.05) is 18.2 Å². The summed E-state index contributed by atoms with van der Waals surface area (Å²) in [5.74, 6) is 0.840. The molecule has 1 heterocycles. The molecule has 0 saturated heterocycles. The highest BCUT2D eigenvalue weighted by Gasteiger charge is 2.25. The minimum absolute atomic E-state index is 0.103. The molecule has 0 saturated carbocycles. The van der Waals surface area contributed by atoms with E-state index in [1.165, 1.54) is 0 Å². The summed E-state index contributed by atoms with van der Waals surface area (Å²) in [6.45, 7) is 1.91. The van der Waals surface area contributed by atoms with Crippen molar-refractivity contribution >= 4 is 12.2 Å². The molecule has 0 bridgehead atoms. The third-order valence-electron chi connectivity index (χ3n) is 3.75. The minimum Gasteiger partial charge on any atom is -0.494 e. The van der Waals surface area contributed by atoms with Crippen molar-refractivity contribution in [2.24, 2.45) is 0 Å². The van der Waals surface area contributed by atoms with Crippen LogP contribution < -0.4 is 4.74 Å². The van der Waals surface area contributed by atoms with E-state index in [0.29, 0.717) is 25.3 Å². The minimum atomic E-state index is 0.103. The lowest BCUT2D eigenvalue weighted by Gasteiger charge is -2.15. The number of hydrogen-bond donors (Lipinski definition) is 0. The second-order valence-corrected chi connectivity index (χ2v) is 5.27. The van der Waals surface area contributed by atoms with Crippen molar-refractivity contribution < 1.29 is 14.3 Å². The number of aldehydes is 1. The molecule has 1 aliphatic heterocycles. The standard InChI is InChI=1S/C18H17NO3/c20-13-14-6-8-16(9-7-14)22-11-3-10-19-12-15-4-1-2-5-17(15)18(19)21/h1-2,4-9,13H,3,10-12H2. The largest absolute Gasteiger partial charge is 0.494 e. The number of hydrogen-bond acceptors (Lipinski definition) is 3. The number of benzene rings is 2. The molecule has 0 spiro atoms. The number of amides is 1. The Morgan fingerprint density at radius 2 is 1.86 bits per heavy atom. The summed E-state index contributed by atoms with van der Waals surface area (Å²) in [4.78, 5) is 24.6.